The second-order valence-corrected chi connectivity index (χ2v) is 13.6. The summed E-state index contributed by atoms with van der Waals surface area (Å²) in [6, 6.07) is 0. The number of rotatable bonds is 2. The molecule has 4 heteroatoms. The number of hydrogen-bond donors (Lipinski definition) is 3. The molecule has 1 saturated heterocycles. The van der Waals surface area contributed by atoms with Gasteiger partial charge in [-0.2, -0.15) is 0 Å². The van der Waals surface area contributed by atoms with Crippen LogP contribution in [-0.4, -0.2) is 43.8 Å². The maximum Gasteiger partial charge on any atom is 0.0923 e. The van der Waals surface area contributed by atoms with Gasteiger partial charge in [0.2, 0.25) is 0 Å². The summed E-state index contributed by atoms with van der Waals surface area (Å²) in [5, 5.41) is 28.8. The molecule has 0 unspecified atom stereocenters. The van der Waals surface area contributed by atoms with E-state index in [-0.39, 0.29) is 5.92 Å². The molecule has 3 fully saturated rings. The molecule has 1 heterocycles. The van der Waals surface area contributed by atoms with Crippen LogP contribution in [0.4, 0.5) is 0 Å². The lowest BCUT2D eigenvalue weighted by Crippen LogP contribution is -2.35. The molecule has 8 atom stereocenters. The normalized spacial score (nSPS) is 45.4. The van der Waals surface area contributed by atoms with E-state index in [0.29, 0.717) is 23.0 Å². The highest BCUT2D eigenvalue weighted by molar-refractivity contribution is 5.22. The van der Waals surface area contributed by atoms with Crippen LogP contribution in [0, 0.1) is 29.1 Å². The van der Waals surface area contributed by atoms with Gasteiger partial charge in [0, 0.05) is 5.92 Å². The Labute approximate surface area is 208 Å². The molecule has 1 aliphatic heterocycles. The van der Waals surface area contributed by atoms with Crippen LogP contribution >= 0.6 is 0 Å². The molecule has 0 radical (unpaired) electrons. The van der Waals surface area contributed by atoms with Gasteiger partial charge in [0.15, 0.2) is 0 Å². The lowest BCUT2D eigenvalue weighted by atomic mass is 9.79. The van der Waals surface area contributed by atoms with Gasteiger partial charge >= 0.3 is 0 Å². The van der Waals surface area contributed by atoms with Crippen LogP contribution < -0.4 is 0 Å². The zero-order valence-corrected chi connectivity index (χ0v) is 22.9. The van der Waals surface area contributed by atoms with Gasteiger partial charge < -0.3 is 20.1 Å². The van der Waals surface area contributed by atoms with Crippen molar-refractivity contribution >= 4 is 0 Å². The minimum Gasteiger partial charge on any atom is -0.390 e. The van der Waals surface area contributed by atoms with Crippen LogP contribution in [0.5, 0.6) is 0 Å². The molecule has 3 N–H and O–H groups in total. The van der Waals surface area contributed by atoms with E-state index in [4.69, 9.17) is 4.74 Å². The van der Waals surface area contributed by atoms with Crippen LogP contribution in [-0.2, 0) is 4.74 Å². The number of aliphatic hydroxyl groups is 3. The lowest BCUT2D eigenvalue weighted by molar-refractivity contribution is 0.0114. The van der Waals surface area contributed by atoms with E-state index in [2.05, 4.69) is 33.4 Å². The van der Waals surface area contributed by atoms with Gasteiger partial charge in [0.1, 0.15) is 0 Å². The average Bonchev–Trinajstić information content (AvgIpc) is 3.53. The molecule has 194 valence electrons. The summed E-state index contributed by atoms with van der Waals surface area (Å²) in [7, 11) is 0. The second kappa shape index (κ2) is 9.18. The number of allylic oxidation sites excluding steroid dienone is 2. The molecule has 0 spiro atoms. The third-order valence-electron chi connectivity index (χ3n) is 9.20. The van der Waals surface area contributed by atoms with Crippen LogP contribution in [0.2, 0.25) is 0 Å². The molecular formula is C30H50O4. The molecule has 4 aliphatic carbocycles. The van der Waals surface area contributed by atoms with Crippen LogP contribution in [0.15, 0.2) is 36.5 Å². The lowest BCUT2D eigenvalue weighted by Gasteiger charge is -2.33. The van der Waals surface area contributed by atoms with Crippen molar-refractivity contribution in [3.63, 3.8) is 0 Å². The second-order valence-electron chi connectivity index (χ2n) is 13.6. The van der Waals surface area contributed by atoms with E-state index < -0.39 is 16.8 Å². The minimum absolute atomic E-state index is 0.178. The van der Waals surface area contributed by atoms with Crippen molar-refractivity contribution < 1.29 is 20.1 Å². The van der Waals surface area contributed by atoms with Crippen molar-refractivity contribution in [3.8, 4) is 0 Å². The molecule has 0 aromatic carbocycles. The molecule has 0 aromatic heterocycles. The van der Waals surface area contributed by atoms with Crippen molar-refractivity contribution in [3.05, 3.63) is 36.5 Å². The summed E-state index contributed by atoms with van der Waals surface area (Å²) >= 11 is 0. The van der Waals surface area contributed by atoms with Gasteiger partial charge in [-0.15, -0.1) is 0 Å². The van der Waals surface area contributed by atoms with E-state index in [0.717, 1.165) is 37.5 Å². The highest BCUT2D eigenvalue weighted by Crippen LogP contribution is 2.72. The zero-order valence-electron chi connectivity index (χ0n) is 22.9. The molecule has 4 nitrogen and oxygen atoms in total. The number of fused-ring (bicyclic) bond motifs is 3. The van der Waals surface area contributed by atoms with Crippen molar-refractivity contribution in [2.24, 2.45) is 29.1 Å². The summed E-state index contributed by atoms with van der Waals surface area (Å²) in [5.74, 6) is 2.55. The monoisotopic (exact) mass is 474 g/mol. The maximum atomic E-state index is 9.68. The molecular weight excluding hydrogens is 424 g/mol. The van der Waals surface area contributed by atoms with Gasteiger partial charge in [-0.25, -0.2) is 0 Å². The molecule has 34 heavy (non-hydrogen) atoms. The maximum absolute atomic E-state index is 9.68. The Morgan fingerprint density at radius 2 is 1.47 bits per heavy atom. The van der Waals surface area contributed by atoms with E-state index in [1.54, 1.807) is 13.0 Å². The highest BCUT2D eigenvalue weighted by atomic mass is 16.6. The SMILES string of the molecule is C=C(C)[C@H]1C=C[C@](C)(O)CC1.CC(C)(O)[C@H]1C=C[C@](C)(O)CC1.CC1(C)[C@@H]2[C@H]1CC[C@@]1(C)O[C@@H]21. The van der Waals surface area contributed by atoms with E-state index in [9.17, 15) is 15.3 Å². The Bertz CT molecular complexity index is 812. The van der Waals surface area contributed by atoms with Crippen molar-refractivity contribution in [2.75, 3.05) is 0 Å². The Morgan fingerprint density at radius 1 is 0.912 bits per heavy atom. The van der Waals surface area contributed by atoms with Gasteiger partial charge in [0.25, 0.3) is 0 Å². The van der Waals surface area contributed by atoms with E-state index in [1.165, 1.54) is 18.4 Å². The highest BCUT2D eigenvalue weighted by Gasteiger charge is 2.74. The molecule has 0 aromatic rings. The van der Waals surface area contributed by atoms with Crippen LogP contribution in [0.25, 0.3) is 0 Å². The average molecular weight is 475 g/mol. The molecule has 5 aliphatic rings. The summed E-state index contributed by atoms with van der Waals surface area (Å²) in [4.78, 5) is 0. The number of epoxide rings is 1. The van der Waals surface area contributed by atoms with Crippen molar-refractivity contribution in [1.82, 2.24) is 0 Å². The summed E-state index contributed by atoms with van der Waals surface area (Å²) in [6.07, 6.45) is 14.5. The number of hydrogen-bond acceptors (Lipinski definition) is 4. The zero-order chi connectivity index (χ0) is 25.7. The number of ether oxygens (including phenoxy) is 1. The fraction of sp³-hybridized carbons (Fsp3) is 0.800. The van der Waals surface area contributed by atoms with Crippen molar-refractivity contribution in [1.29, 1.82) is 0 Å². The summed E-state index contributed by atoms with van der Waals surface area (Å²) in [5.41, 5.74) is 0.214. The first kappa shape index (κ1) is 27.6. The molecule has 0 bridgehead atoms. The molecule has 0 amide bonds. The quantitative estimate of drug-likeness (QED) is 0.341. The molecule has 2 saturated carbocycles. The van der Waals surface area contributed by atoms with E-state index in [1.807, 2.05) is 39.8 Å². The van der Waals surface area contributed by atoms with Gasteiger partial charge in [0.05, 0.1) is 28.5 Å². The molecule has 5 rings (SSSR count). The first-order valence-corrected chi connectivity index (χ1v) is 13.3. The standard InChI is InChI=1S/C10H18O2.2C10H16O/c1-9(2,11)8-4-6-10(3,12)7-5-8;1-9(2)6-4-5-10(3)8(11-10)7(6)9;1-8(2)9-4-6-10(3,11)7-5-9/h4,6,8,11-12H,5,7H2,1-3H3;6-8H,4-5H2,1-3H3;4,6,9,11H,1,5,7H2,2-3H3/t8-,10-;6-,7-,8+,10-;9-,10-/m010/s1. The fourth-order valence-corrected chi connectivity index (χ4v) is 6.19. The fourth-order valence-electron chi connectivity index (χ4n) is 6.19. The third kappa shape index (κ3) is 6.43. The smallest absolute Gasteiger partial charge is 0.0923 e. The summed E-state index contributed by atoms with van der Waals surface area (Å²) in [6.45, 7) is 20.3. The summed E-state index contributed by atoms with van der Waals surface area (Å²) < 4.78 is 5.75. The van der Waals surface area contributed by atoms with Gasteiger partial charge in [-0.05, 0) is 103 Å². The first-order valence-electron chi connectivity index (χ1n) is 13.3. The Morgan fingerprint density at radius 3 is 1.88 bits per heavy atom. The van der Waals surface area contributed by atoms with Crippen LogP contribution in [0.3, 0.4) is 0 Å². The predicted octanol–water partition coefficient (Wildman–Crippen LogP) is 5.96. The van der Waals surface area contributed by atoms with E-state index >= 15 is 0 Å². The topological polar surface area (TPSA) is 73.2 Å². The third-order valence-corrected chi connectivity index (χ3v) is 9.20. The Balaban J connectivity index is 0.000000143. The van der Waals surface area contributed by atoms with Crippen LogP contribution in [0.1, 0.15) is 93.9 Å². The predicted molar refractivity (Wildman–Crippen MR) is 139 cm³/mol. The van der Waals surface area contributed by atoms with Gasteiger partial charge in [-0.1, -0.05) is 50.3 Å². The van der Waals surface area contributed by atoms with Crippen molar-refractivity contribution in [2.45, 2.75) is 122 Å². The Kier molecular flexibility index (Phi) is 7.46. The van der Waals surface area contributed by atoms with Gasteiger partial charge in [-0.3, -0.25) is 0 Å². The Hall–Kier alpha value is -0.940. The first-order chi connectivity index (χ1) is 15.4. The largest absolute Gasteiger partial charge is 0.390 e. The minimum atomic E-state index is -0.665.